The lowest BCUT2D eigenvalue weighted by molar-refractivity contribution is 0.162. The molecule has 0 spiro atoms. The van der Waals surface area contributed by atoms with E-state index in [0.29, 0.717) is 31.2 Å². The van der Waals surface area contributed by atoms with Crippen molar-refractivity contribution in [2.45, 2.75) is 38.6 Å². The molecule has 1 heterocycles. The van der Waals surface area contributed by atoms with E-state index >= 15 is 0 Å². The molecule has 1 saturated heterocycles. The first kappa shape index (κ1) is 23.3. The number of carbonyl (C=O) groups excluding carboxylic acids is 1. The van der Waals surface area contributed by atoms with Crippen LogP contribution in [0.1, 0.15) is 48.9 Å². The smallest absolute Gasteiger partial charge is 0.318 e. The van der Waals surface area contributed by atoms with Crippen LogP contribution in [-0.2, 0) is 6.42 Å². The molecule has 1 aliphatic heterocycles. The predicted molar refractivity (Wildman–Crippen MR) is 133 cm³/mol. The fourth-order valence-corrected chi connectivity index (χ4v) is 5.00. The van der Waals surface area contributed by atoms with Gasteiger partial charge in [0.05, 0.1) is 11.7 Å². The molecule has 33 heavy (non-hydrogen) atoms. The van der Waals surface area contributed by atoms with Gasteiger partial charge in [-0.1, -0.05) is 30.2 Å². The molecule has 0 saturated carbocycles. The molecule has 5 nitrogen and oxygen atoms in total. The Bertz CT molecular complexity index is 1060. The molecular formula is C26H30ClFN4O. The molecule has 1 N–H and O–H groups in total. The van der Waals surface area contributed by atoms with Crippen LogP contribution in [0.15, 0.2) is 47.5 Å². The molecule has 1 unspecified atom stereocenters. The Morgan fingerprint density at radius 1 is 1.15 bits per heavy atom. The number of hydrogen-bond acceptors (Lipinski definition) is 3. The zero-order valence-electron chi connectivity index (χ0n) is 19.0. The second kappa shape index (κ2) is 10.4. The molecule has 2 aromatic rings. The normalized spacial score (nSPS) is 19.0. The van der Waals surface area contributed by atoms with Crippen LogP contribution in [0.3, 0.4) is 0 Å². The standard InChI is InChI=1S/C26H30ClFN4O/c1-3-25(21-11-9-19(27)16-24(21)29-2)31-12-14-32(15-13-31)26(33)30-23-7-5-4-6-18-8-10-20(28)17-22(18)23/h3,8-11,16-17,23H,2,4-7,12-15H2,1H3,(H,30,33)/b25-3+. The number of rotatable bonds is 4. The van der Waals surface area contributed by atoms with E-state index in [-0.39, 0.29) is 17.9 Å². The minimum atomic E-state index is -0.252. The Labute approximate surface area is 199 Å². The van der Waals surface area contributed by atoms with Gasteiger partial charge in [0, 0.05) is 42.5 Å². The summed E-state index contributed by atoms with van der Waals surface area (Å²) >= 11 is 6.12. The molecule has 7 heteroatoms. The Kier molecular flexibility index (Phi) is 7.33. The summed E-state index contributed by atoms with van der Waals surface area (Å²) < 4.78 is 13.9. The summed E-state index contributed by atoms with van der Waals surface area (Å²) in [5, 5.41) is 3.80. The number of aliphatic imine (C=N–C) groups is 1. The molecule has 2 aromatic carbocycles. The topological polar surface area (TPSA) is 47.9 Å². The van der Waals surface area contributed by atoms with Crippen LogP contribution >= 0.6 is 11.6 Å². The number of aryl methyl sites for hydroxylation is 1. The highest BCUT2D eigenvalue weighted by molar-refractivity contribution is 6.30. The van der Waals surface area contributed by atoms with Gasteiger partial charge in [-0.2, -0.15) is 0 Å². The fourth-order valence-electron chi connectivity index (χ4n) is 4.84. The first-order valence-corrected chi connectivity index (χ1v) is 11.9. The Balaban J connectivity index is 1.42. The number of benzene rings is 2. The molecule has 1 aliphatic carbocycles. The highest BCUT2D eigenvalue weighted by Crippen LogP contribution is 2.32. The summed E-state index contributed by atoms with van der Waals surface area (Å²) in [5.41, 5.74) is 4.84. The summed E-state index contributed by atoms with van der Waals surface area (Å²) in [5.74, 6) is -0.252. The number of halogens is 2. The van der Waals surface area contributed by atoms with E-state index in [1.165, 1.54) is 6.07 Å². The summed E-state index contributed by atoms with van der Waals surface area (Å²) in [6.07, 6.45) is 5.89. The second-order valence-electron chi connectivity index (χ2n) is 8.56. The number of nitrogens with zero attached hydrogens (tertiary/aromatic N) is 3. The highest BCUT2D eigenvalue weighted by Gasteiger charge is 2.27. The maximum absolute atomic E-state index is 13.9. The number of fused-ring (bicyclic) bond motifs is 1. The molecule has 1 atom stereocenters. The van der Waals surface area contributed by atoms with Gasteiger partial charge < -0.3 is 15.1 Å². The van der Waals surface area contributed by atoms with Crippen LogP contribution in [-0.4, -0.2) is 48.7 Å². The van der Waals surface area contributed by atoms with Crippen LogP contribution in [0.5, 0.6) is 0 Å². The molecule has 1 fully saturated rings. The average Bonchev–Trinajstić information content (AvgIpc) is 3.02. The van der Waals surface area contributed by atoms with E-state index in [0.717, 1.165) is 53.8 Å². The van der Waals surface area contributed by atoms with Crippen molar-refractivity contribution in [3.8, 4) is 0 Å². The Morgan fingerprint density at radius 2 is 1.91 bits per heavy atom. The highest BCUT2D eigenvalue weighted by atomic mass is 35.5. The lowest BCUT2D eigenvalue weighted by Crippen LogP contribution is -2.51. The van der Waals surface area contributed by atoms with Crippen molar-refractivity contribution < 1.29 is 9.18 Å². The molecule has 174 valence electrons. The third-order valence-electron chi connectivity index (χ3n) is 6.56. The first-order valence-electron chi connectivity index (χ1n) is 11.5. The van der Waals surface area contributed by atoms with Crippen LogP contribution in [0.4, 0.5) is 14.9 Å². The van der Waals surface area contributed by atoms with Gasteiger partial charge in [-0.3, -0.25) is 4.99 Å². The predicted octanol–water partition coefficient (Wildman–Crippen LogP) is 5.97. The summed E-state index contributed by atoms with van der Waals surface area (Å²) in [7, 11) is 0. The lowest BCUT2D eigenvalue weighted by Gasteiger charge is -2.38. The van der Waals surface area contributed by atoms with Crippen molar-refractivity contribution in [2.75, 3.05) is 26.2 Å². The third-order valence-corrected chi connectivity index (χ3v) is 6.79. The molecule has 4 rings (SSSR count). The van der Waals surface area contributed by atoms with Gasteiger partial charge in [0.25, 0.3) is 0 Å². The first-order chi connectivity index (χ1) is 16.0. The van der Waals surface area contributed by atoms with Crippen molar-refractivity contribution in [1.29, 1.82) is 0 Å². The monoisotopic (exact) mass is 468 g/mol. The number of allylic oxidation sites excluding steroid dienone is 1. The van der Waals surface area contributed by atoms with E-state index < -0.39 is 0 Å². The van der Waals surface area contributed by atoms with Crippen LogP contribution in [0.25, 0.3) is 5.70 Å². The van der Waals surface area contributed by atoms with Crippen molar-refractivity contribution in [3.63, 3.8) is 0 Å². The molecule has 2 amide bonds. The van der Waals surface area contributed by atoms with E-state index in [1.54, 1.807) is 6.07 Å². The molecule has 2 aliphatic rings. The van der Waals surface area contributed by atoms with Crippen LogP contribution < -0.4 is 5.32 Å². The van der Waals surface area contributed by atoms with E-state index in [4.69, 9.17) is 11.6 Å². The summed E-state index contributed by atoms with van der Waals surface area (Å²) in [6, 6.07) is 10.3. The van der Waals surface area contributed by atoms with Crippen LogP contribution in [0.2, 0.25) is 5.02 Å². The van der Waals surface area contributed by atoms with Crippen molar-refractivity contribution in [3.05, 3.63) is 70.0 Å². The number of piperazine rings is 1. The molecule has 0 radical (unpaired) electrons. The largest absolute Gasteiger partial charge is 0.368 e. The van der Waals surface area contributed by atoms with E-state index in [9.17, 15) is 9.18 Å². The SMILES string of the molecule is C=Nc1cc(Cl)ccc1/C(=C\C)N1CCN(C(=O)NC2CCCCc3ccc(F)cc32)CC1. The number of amides is 2. The average molecular weight is 469 g/mol. The maximum Gasteiger partial charge on any atom is 0.318 e. The quantitative estimate of drug-likeness (QED) is 0.444. The van der Waals surface area contributed by atoms with Gasteiger partial charge in [-0.05, 0) is 74.4 Å². The van der Waals surface area contributed by atoms with Gasteiger partial charge in [-0.15, -0.1) is 0 Å². The van der Waals surface area contributed by atoms with Gasteiger partial charge in [0.1, 0.15) is 5.82 Å². The minimum absolute atomic E-state index is 0.0845. The zero-order chi connectivity index (χ0) is 23.4. The fraction of sp³-hybridized carbons (Fsp3) is 0.385. The van der Waals surface area contributed by atoms with E-state index in [1.807, 2.05) is 36.1 Å². The van der Waals surface area contributed by atoms with Gasteiger partial charge in [-0.25, -0.2) is 9.18 Å². The van der Waals surface area contributed by atoms with Crippen molar-refractivity contribution in [1.82, 2.24) is 15.1 Å². The summed E-state index contributed by atoms with van der Waals surface area (Å²) in [6.45, 7) is 8.31. The lowest BCUT2D eigenvalue weighted by atomic mass is 9.99. The van der Waals surface area contributed by atoms with Crippen molar-refractivity contribution in [2.24, 2.45) is 4.99 Å². The minimum Gasteiger partial charge on any atom is -0.368 e. The molecule has 0 aromatic heterocycles. The second-order valence-corrected chi connectivity index (χ2v) is 9.00. The number of carbonyl (C=O) groups is 1. The van der Waals surface area contributed by atoms with Crippen LogP contribution in [0, 0.1) is 5.82 Å². The molecule has 0 bridgehead atoms. The van der Waals surface area contributed by atoms with Gasteiger partial charge >= 0.3 is 6.03 Å². The van der Waals surface area contributed by atoms with Gasteiger partial charge in [0.2, 0.25) is 0 Å². The third kappa shape index (κ3) is 5.22. The van der Waals surface area contributed by atoms with Crippen molar-refractivity contribution >= 4 is 35.7 Å². The summed E-state index contributed by atoms with van der Waals surface area (Å²) in [4.78, 5) is 21.3. The number of urea groups is 1. The molecular weight excluding hydrogens is 439 g/mol. The number of hydrogen-bond donors (Lipinski definition) is 1. The maximum atomic E-state index is 13.9. The van der Waals surface area contributed by atoms with E-state index in [2.05, 4.69) is 28.0 Å². The Hall–Kier alpha value is -2.86. The van der Waals surface area contributed by atoms with Gasteiger partial charge in [0.15, 0.2) is 0 Å². The Morgan fingerprint density at radius 3 is 2.64 bits per heavy atom. The number of nitrogens with one attached hydrogen (secondary N) is 1. The zero-order valence-corrected chi connectivity index (χ0v) is 19.7.